The van der Waals surface area contributed by atoms with E-state index in [2.05, 4.69) is 81.5 Å². The van der Waals surface area contributed by atoms with Crippen molar-refractivity contribution in [1.29, 1.82) is 0 Å². The summed E-state index contributed by atoms with van der Waals surface area (Å²) in [7, 11) is 0. The van der Waals surface area contributed by atoms with Crippen molar-refractivity contribution in [2.24, 2.45) is 0 Å². The second-order valence-corrected chi connectivity index (χ2v) is 10.2. The predicted octanol–water partition coefficient (Wildman–Crippen LogP) is 8.29. The third-order valence-electron chi connectivity index (χ3n) is 7.18. The first-order valence-electron chi connectivity index (χ1n) is 12.7. The van der Waals surface area contributed by atoms with Crippen molar-refractivity contribution in [1.82, 2.24) is 4.90 Å². The number of amides is 2. The second-order valence-electron chi connectivity index (χ2n) is 10.2. The van der Waals surface area contributed by atoms with Gasteiger partial charge in [0.25, 0.3) is 0 Å². The van der Waals surface area contributed by atoms with Crippen molar-refractivity contribution >= 4 is 11.7 Å². The molecule has 1 fully saturated rings. The number of benzene rings is 2. The molecule has 0 unspecified atom stereocenters. The van der Waals surface area contributed by atoms with E-state index in [1.807, 2.05) is 17.0 Å². The highest BCUT2D eigenvalue weighted by molar-refractivity contribution is 5.91. The normalized spacial score (nSPS) is 18.3. The van der Waals surface area contributed by atoms with Crippen molar-refractivity contribution in [2.45, 2.75) is 83.7 Å². The first-order valence-corrected chi connectivity index (χ1v) is 12.7. The molecule has 0 aliphatic heterocycles. The summed E-state index contributed by atoms with van der Waals surface area (Å²) in [5.41, 5.74) is 4.76. The molecule has 0 bridgehead atoms. The highest BCUT2D eigenvalue weighted by atomic mass is 16.3. The summed E-state index contributed by atoms with van der Waals surface area (Å²) in [6.07, 6.45) is 5.86. The summed E-state index contributed by atoms with van der Waals surface area (Å²) in [6, 6.07) is 21.2. The van der Waals surface area contributed by atoms with Crippen molar-refractivity contribution in [3.8, 4) is 0 Å². The van der Waals surface area contributed by atoms with Crippen molar-refractivity contribution < 1.29 is 9.21 Å². The molecular weight excluding hydrogens is 420 g/mol. The Hall–Kier alpha value is -3.01. The zero-order valence-corrected chi connectivity index (χ0v) is 21.0. The van der Waals surface area contributed by atoms with Gasteiger partial charge in [-0.25, -0.2) is 4.79 Å². The van der Waals surface area contributed by atoms with Crippen LogP contribution in [0.1, 0.15) is 93.6 Å². The van der Waals surface area contributed by atoms with Gasteiger partial charge in [0.15, 0.2) is 0 Å². The molecule has 4 nitrogen and oxygen atoms in total. The number of para-hydroxylation sites is 1. The maximum Gasteiger partial charge on any atom is 0.322 e. The van der Waals surface area contributed by atoms with Crippen LogP contribution in [0.5, 0.6) is 0 Å². The van der Waals surface area contributed by atoms with Crippen LogP contribution in [0.3, 0.4) is 0 Å². The van der Waals surface area contributed by atoms with Gasteiger partial charge in [0.1, 0.15) is 5.76 Å². The van der Waals surface area contributed by atoms with Gasteiger partial charge < -0.3 is 14.6 Å². The van der Waals surface area contributed by atoms with Crippen molar-refractivity contribution in [2.75, 3.05) is 5.32 Å². The molecule has 180 valence electrons. The number of hydrogen-bond acceptors (Lipinski definition) is 2. The molecule has 1 N–H and O–H groups in total. The molecular formula is C30H38N2O2. The van der Waals surface area contributed by atoms with Crippen LogP contribution in [0.15, 0.2) is 71.3 Å². The Bertz CT molecular complexity index is 1020. The Labute approximate surface area is 204 Å². The lowest BCUT2D eigenvalue weighted by Gasteiger charge is -2.37. The average Bonchev–Trinajstić information content (AvgIpc) is 3.36. The summed E-state index contributed by atoms with van der Waals surface area (Å²) >= 11 is 0. The number of nitrogens with one attached hydrogen (secondary N) is 1. The minimum Gasteiger partial charge on any atom is -0.467 e. The zero-order chi connectivity index (χ0) is 24.1. The van der Waals surface area contributed by atoms with Crippen LogP contribution >= 0.6 is 0 Å². The molecule has 2 aromatic carbocycles. The number of hydrogen-bond donors (Lipinski definition) is 1. The molecule has 0 saturated heterocycles. The molecule has 1 aliphatic rings. The van der Waals surface area contributed by atoms with E-state index >= 15 is 0 Å². The zero-order valence-electron chi connectivity index (χ0n) is 21.0. The van der Waals surface area contributed by atoms with Crippen LogP contribution in [-0.4, -0.2) is 17.0 Å². The fraction of sp³-hybridized carbons (Fsp3) is 0.433. The average molecular weight is 459 g/mol. The van der Waals surface area contributed by atoms with Crippen LogP contribution in [0.25, 0.3) is 0 Å². The van der Waals surface area contributed by atoms with Gasteiger partial charge in [-0.3, -0.25) is 0 Å². The van der Waals surface area contributed by atoms with Crippen molar-refractivity contribution in [3.05, 3.63) is 89.4 Å². The molecule has 4 rings (SSSR count). The quantitative estimate of drug-likeness (QED) is 0.387. The van der Waals surface area contributed by atoms with Crippen LogP contribution in [0, 0.1) is 0 Å². The summed E-state index contributed by atoms with van der Waals surface area (Å²) in [4.78, 5) is 15.8. The maximum atomic E-state index is 13.8. The standard InChI is InChI=1S/C30H38N2O2/c1-21(2)27-13-8-14-28(22(3)4)29(27)31-30(33)32(20-26-12-9-19-34-26)25-17-15-24(16-18-25)23-10-6-5-7-11-23/h5-14,19,21-22,24-25H,15-18,20H2,1-4H3,(H,31,33). The van der Waals surface area contributed by atoms with Crippen LogP contribution in [-0.2, 0) is 6.54 Å². The number of nitrogens with zero attached hydrogens (tertiary/aromatic N) is 1. The third kappa shape index (κ3) is 5.55. The van der Waals surface area contributed by atoms with E-state index in [9.17, 15) is 4.79 Å². The molecule has 0 radical (unpaired) electrons. The smallest absolute Gasteiger partial charge is 0.322 e. The van der Waals surface area contributed by atoms with Crippen molar-refractivity contribution in [3.63, 3.8) is 0 Å². The molecule has 1 heterocycles. The summed E-state index contributed by atoms with van der Waals surface area (Å²) in [6.45, 7) is 9.21. The van der Waals surface area contributed by atoms with Gasteiger partial charge in [0.2, 0.25) is 0 Å². The van der Waals surface area contributed by atoms with Crippen LogP contribution in [0.4, 0.5) is 10.5 Å². The first kappa shape index (κ1) is 24.1. The Balaban J connectivity index is 1.56. The monoisotopic (exact) mass is 458 g/mol. The largest absolute Gasteiger partial charge is 0.467 e. The summed E-state index contributed by atoms with van der Waals surface area (Å²) < 4.78 is 5.65. The van der Waals surface area contributed by atoms with Gasteiger partial charge in [0, 0.05) is 11.7 Å². The van der Waals surface area contributed by atoms with Gasteiger partial charge in [-0.1, -0.05) is 76.2 Å². The number of rotatable bonds is 7. The van der Waals surface area contributed by atoms with E-state index in [4.69, 9.17) is 4.42 Å². The molecule has 1 saturated carbocycles. The van der Waals surface area contributed by atoms with E-state index in [1.165, 1.54) is 16.7 Å². The van der Waals surface area contributed by atoms with E-state index < -0.39 is 0 Å². The molecule has 1 aliphatic carbocycles. The number of anilines is 1. The number of carbonyl (C=O) groups excluding carboxylic acids is 1. The molecule has 3 aromatic rings. The maximum absolute atomic E-state index is 13.8. The molecule has 34 heavy (non-hydrogen) atoms. The van der Waals surface area contributed by atoms with E-state index in [1.54, 1.807) is 6.26 Å². The number of furan rings is 1. The lowest BCUT2D eigenvalue weighted by molar-refractivity contribution is 0.151. The Morgan fingerprint density at radius 3 is 2.09 bits per heavy atom. The third-order valence-corrected chi connectivity index (χ3v) is 7.18. The van der Waals surface area contributed by atoms with E-state index in [-0.39, 0.29) is 12.1 Å². The first-order chi connectivity index (χ1) is 16.4. The van der Waals surface area contributed by atoms with Crippen LogP contribution < -0.4 is 5.32 Å². The van der Waals surface area contributed by atoms with Gasteiger partial charge in [0.05, 0.1) is 12.8 Å². The molecule has 0 spiro atoms. The number of carbonyl (C=O) groups is 1. The Morgan fingerprint density at radius 2 is 1.53 bits per heavy atom. The van der Waals surface area contributed by atoms with Gasteiger partial charge in [-0.2, -0.15) is 0 Å². The highest BCUT2D eigenvalue weighted by Crippen LogP contribution is 2.37. The number of urea groups is 1. The molecule has 4 heteroatoms. The second kappa shape index (κ2) is 10.9. The Kier molecular flexibility index (Phi) is 7.77. The predicted molar refractivity (Wildman–Crippen MR) is 139 cm³/mol. The molecule has 2 amide bonds. The highest BCUT2D eigenvalue weighted by Gasteiger charge is 2.31. The van der Waals surface area contributed by atoms with Gasteiger partial charge >= 0.3 is 6.03 Å². The molecule has 1 aromatic heterocycles. The van der Waals surface area contributed by atoms with Gasteiger partial charge in [-0.05, 0) is 72.3 Å². The lowest BCUT2D eigenvalue weighted by atomic mass is 9.81. The summed E-state index contributed by atoms with van der Waals surface area (Å²) in [5.74, 6) is 2.05. The Morgan fingerprint density at radius 1 is 0.882 bits per heavy atom. The molecule has 0 atom stereocenters. The van der Waals surface area contributed by atoms with Gasteiger partial charge in [-0.15, -0.1) is 0 Å². The lowest BCUT2D eigenvalue weighted by Crippen LogP contribution is -2.44. The van der Waals surface area contributed by atoms with E-state index in [0.717, 1.165) is 37.1 Å². The topological polar surface area (TPSA) is 45.5 Å². The SMILES string of the molecule is CC(C)c1cccc(C(C)C)c1NC(=O)N(Cc1ccco1)C1CCC(c2ccccc2)CC1. The van der Waals surface area contributed by atoms with Crippen LogP contribution in [0.2, 0.25) is 0 Å². The summed E-state index contributed by atoms with van der Waals surface area (Å²) in [5, 5.41) is 3.34. The minimum absolute atomic E-state index is 0.0328. The minimum atomic E-state index is -0.0328. The van der Waals surface area contributed by atoms with E-state index in [0.29, 0.717) is 24.3 Å². The fourth-order valence-electron chi connectivity index (χ4n) is 5.26. The fourth-order valence-corrected chi connectivity index (χ4v) is 5.26.